The molecule has 2 heteroatoms. The molecule has 0 saturated carbocycles. The molecule has 2 N–H and O–H groups in total. The van der Waals surface area contributed by atoms with Crippen LogP contribution in [0.3, 0.4) is 0 Å². The van der Waals surface area contributed by atoms with E-state index in [1.54, 1.807) is 0 Å². The monoisotopic (exact) mass is 66.0 g/mol. The largest absolute Gasteiger partial charge is 0.358 e. The molecule has 0 amide bonds. The van der Waals surface area contributed by atoms with Crippen LogP contribution in [0.1, 0.15) is 0 Å². The van der Waals surface area contributed by atoms with E-state index in [1.165, 1.54) is 6.07 Å². The summed E-state index contributed by atoms with van der Waals surface area (Å²) in [6.45, 7) is 0. The zero-order valence-electron chi connectivity index (χ0n) is 2.52. The predicted molar refractivity (Wildman–Crippen MR) is 17.6 cm³/mol. The lowest BCUT2D eigenvalue weighted by Crippen LogP contribution is -1.72. The van der Waals surface area contributed by atoms with Crippen molar-refractivity contribution in [3.63, 3.8) is 0 Å². The minimum atomic E-state index is 1.53. The van der Waals surface area contributed by atoms with Crippen molar-refractivity contribution < 1.29 is 0 Å². The summed E-state index contributed by atoms with van der Waals surface area (Å²) in [5.41, 5.74) is 4.56. The Morgan fingerprint density at radius 3 is 2.20 bits per heavy atom. The lowest BCUT2D eigenvalue weighted by atomic mass is 10.8. The third kappa shape index (κ3) is 2.85. The van der Waals surface area contributed by atoms with Crippen LogP contribution in [0.2, 0.25) is 0 Å². The average molecular weight is 66.1 g/mol. The highest BCUT2D eigenvalue weighted by Gasteiger charge is 1.41. The highest BCUT2D eigenvalue weighted by atomic mass is 14.5. The van der Waals surface area contributed by atoms with Crippen molar-refractivity contribution in [2.24, 2.45) is 5.73 Å². The van der Waals surface area contributed by atoms with Crippen LogP contribution in [0.5, 0.6) is 0 Å². The van der Waals surface area contributed by atoms with Crippen LogP contribution in [0.4, 0.5) is 0 Å². The summed E-state index contributed by atoms with van der Waals surface area (Å²) in [6.07, 6.45) is 0. The second kappa shape index (κ2) is 2.85. The molecule has 0 aliphatic heterocycles. The SMILES string of the molecule is N#CC#CN. The highest BCUT2D eigenvalue weighted by molar-refractivity contribution is 5.13. The first-order valence-electron chi connectivity index (χ1n) is 1.01. The zero-order valence-corrected chi connectivity index (χ0v) is 2.52. The van der Waals surface area contributed by atoms with Gasteiger partial charge in [-0.1, -0.05) is 0 Å². The van der Waals surface area contributed by atoms with Gasteiger partial charge >= 0.3 is 0 Å². The molecule has 0 aromatic heterocycles. The fraction of sp³-hybridized carbons (Fsp3) is 0. The molecule has 0 spiro atoms. The topological polar surface area (TPSA) is 49.8 Å². The van der Waals surface area contributed by atoms with Gasteiger partial charge in [-0.2, -0.15) is 5.26 Å². The Bertz CT molecular complexity index is 98.3. The van der Waals surface area contributed by atoms with Crippen molar-refractivity contribution in [1.82, 2.24) is 0 Å². The molecular weight excluding hydrogens is 64.0 g/mol. The molecule has 0 fully saturated rings. The van der Waals surface area contributed by atoms with Crippen molar-refractivity contribution in [3.05, 3.63) is 0 Å². The molecular formula is C3H2N2. The van der Waals surface area contributed by atoms with Crippen LogP contribution in [0.25, 0.3) is 0 Å². The number of hydrogen-bond donors (Lipinski definition) is 1. The standard InChI is InChI=1S/C3H2N2/c4-2-1-3-5/h4H2. The zero-order chi connectivity index (χ0) is 4.12. The minimum Gasteiger partial charge on any atom is -0.358 e. The average Bonchev–Trinajstić information content (AvgIpc) is 1.41. The molecule has 0 radical (unpaired) electrons. The number of rotatable bonds is 0. The van der Waals surface area contributed by atoms with Crippen LogP contribution in [0.15, 0.2) is 0 Å². The Morgan fingerprint density at radius 1 is 1.60 bits per heavy atom. The predicted octanol–water partition coefficient (Wildman–Crippen LogP) is -0.570. The van der Waals surface area contributed by atoms with Gasteiger partial charge < -0.3 is 5.73 Å². The van der Waals surface area contributed by atoms with E-state index in [2.05, 4.69) is 5.73 Å². The van der Waals surface area contributed by atoms with E-state index in [0.717, 1.165) is 0 Å². The molecule has 0 aromatic carbocycles. The van der Waals surface area contributed by atoms with Crippen molar-refractivity contribution in [3.8, 4) is 18.0 Å². The van der Waals surface area contributed by atoms with Gasteiger partial charge in [-0.3, -0.25) is 0 Å². The third-order valence-electron chi connectivity index (χ3n) is 0.128. The second-order valence-corrected chi connectivity index (χ2v) is 0.381. The Kier molecular flexibility index (Phi) is 2.19. The first kappa shape index (κ1) is 3.85. The van der Waals surface area contributed by atoms with Gasteiger partial charge in [-0.15, -0.1) is 0 Å². The number of nitrogens with zero attached hydrogens (tertiary/aromatic N) is 1. The van der Waals surface area contributed by atoms with E-state index in [-0.39, 0.29) is 0 Å². The lowest BCUT2D eigenvalue weighted by Gasteiger charge is -1.42. The molecule has 0 heterocycles. The molecule has 0 rings (SSSR count). The summed E-state index contributed by atoms with van der Waals surface area (Å²) in [6, 6.07) is 3.44. The normalized spacial score (nSPS) is 3.00. The fourth-order valence-electron chi connectivity index (χ4n) is 0.0323. The van der Waals surface area contributed by atoms with E-state index in [1.807, 2.05) is 12.0 Å². The van der Waals surface area contributed by atoms with E-state index in [0.29, 0.717) is 0 Å². The summed E-state index contributed by atoms with van der Waals surface area (Å²) in [5.74, 6) is 1.94. The second-order valence-electron chi connectivity index (χ2n) is 0.381. The van der Waals surface area contributed by atoms with Gasteiger partial charge in [0.1, 0.15) is 0 Å². The molecule has 0 saturated heterocycles. The van der Waals surface area contributed by atoms with Gasteiger partial charge in [-0.25, -0.2) is 0 Å². The van der Waals surface area contributed by atoms with Crippen molar-refractivity contribution >= 4 is 0 Å². The Morgan fingerprint density at radius 2 is 2.20 bits per heavy atom. The smallest absolute Gasteiger partial charge is 0.154 e. The van der Waals surface area contributed by atoms with E-state index in [4.69, 9.17) is 5.26 Å². The first-order chi connectivity index (χ1) is 2.41. The maximum absolute atomic E-state index is 7.56. The first-order valence-corrected chi connectivity index (χ1v) is 1.01. The summed E-state index contributed by atoms with van der Waals surface area (Å²) in [7, 11) is 0. The van der Waals surface area contributed by atoms with Crippen LogP contribution < -0.4 is 5.73 Å². The van der Waals surface area contributed by atoms with Crippen LogP contribution in [-0.4, -0.2) is 0 Å². The molecule has 2 nitrogen and oxygen atoms in total. The molecule has 5 heavy (non-hydrogen) atoms. The van der Waals surface area contributed by atoms with Gasteiger partial charge in [0.25, 0.3) is 0 Å². The van der Waals surface area contributed by atoms with Crippen LogP contribution in [0, 0.1) is 23.3 Å². The quantitative estimate of drug-likeness (QED) is 0.304. The highest BCUT2D eigenvalue weighted by Crippen LogP contribution is 1.32. The Balaban J connectivity index is 3.30. The molecule has 0 unspecified atom stereocenters. The van der Waals surface area contributed by atoms with Crippen LogP contribution >= 0.6 is 0 Å². The van der Waals surface area contributed by atoms with Crippen LogP contribution in [-0.2, 0) is 0 Å². The molecule has 24 valence electrons. The number of nitrogens with two attached hydrogens (primary N) is 1. The summed E-state index contributed by atoms with van der Waals surface area (Å²) < 4.78 is 0. The maximum Gasteiger partial charge on any atom is 0.154 e. The third-order valence-corrected chi connectivity index (χ3v) is 0.128. The van der Waals surface area contributed by atoms with E-state index < -0.39 is 0 Å². The van der Waals surface area contributed by atoms with Gasteiger partial charge in [0, 0.05) is 12.0 Å². The molecule has 0 aromatic rings. The number of nitriles is 1. The Labute approximate surface area is 30.2 Å². The van der Waals surface area contributed by atoms with Crippen molar-refractivity contribution in [2.75, 3.05) is 0 Å². The summed E-state index contributed by atoms with van der Waals surface area (Å²) >= 11 is 0. The van der Waals surface area contributed by atoms with Gasteiger partial charge in [-0.05, 0) is 0 Å². The lowest BCUT2D eigenvalue weighted by molar-refractivity contribution is 1.54. The molecule has 0 bridgehead atoms. The molecule has 0 aliphatic carbocycles. The maximum atomic E-state index is 7.56. The van der Waals surface area contributed by atoms with E-state index in [9.17, 15) is 0 Å². The molecule has 0 atom stereocenters. The van der Waals surface area contributed by atoms with Crippen molar-refractivity contribution in [1.29, 1.82) is 5.26 Å². The Hall–Kier alpha value is -1.15. The summed E-state index contributed by atoms with van der Waals surface area (Å²) in [5, 5.41) is 7.56. The van der Waals surface area contributed by atoms with Gasteiger partial charge in [0.15, 0.2) is 6.07 Å². The van der Waals surface area contributed by atoms with Gasteiger partial charge in [0.2, 0.25) is 0 Å². The fourth-order valence-corrected chi connectivity index (χ4v) is 0.0323. The van der Waals surface area contributed by atoms with Gasteiger partial charge in [0.05, 0.1) is 0 Å². The summed E-state index contributed by atoms with van der Waals surface area (Å²) in [4.78, 5) is 0. The number of hydrogen-bond acceptors (Lipinski definition) is 2. The minimum absolute atomic E-state index is 1.53. The van der Waals surface area contributed by atoms with Crippen molar-refractivity contribution in [2.45, 2.75) is 0 Å². The molecule has 0 aliphatic rings. The van der Waals surface area contributed by atoms with E-state index >= 15 is 0 Å².